The lowest BCUT2D eigenvalue weighted by Gasteiger charge is -2.22. The van der Waals surface area contributed by atoms with E-state index in [4.69, 9.17) is 11.6 Å². The third-order valence-corrected chi connectivity index (χ3v) is 4.72. The number of imidazole rings is 1. The van der Waals surface area contributed by atoms with E-state index in [2.05, 4.69) is 15.0 Å². The van der Waals surface area contributed by atoms with Crippen LogP contribution in [0.2, 0.25) is 5.02 Å². The number of pyridine rings is 1. The summed E-state index contributed by atoms with van der Waals surface area (Å²) in [5, 5.41) is 0.970. The first-order valence-corrected chi connectivity index (χ1v) is 9.33. The van der Waals surface area contributed by atoms with E-state index in [1.54, 1.807) is 47.6 Å². The highest BCUT2D eigenvalue weighted by atomic mass is 35.5. The highest BCUT2D eigenvalue weighted by Gasteiger charge is 2.18. The highest BCUT2D eigenvalue weighted by Crippen LogP contribution is 2.16. The standard InChI is InChI=1S/C20H18ClN5O2/c1-2-7-26(20(28)13-5-8-25-9-6-22-18(25)10-13)12-17-23-16-11-14(21)3-4-15(16)19(27)24-17/h3-6,8-11H,2,7,12H2,1H3,(H,23,24,27). The smallest absolute Gasteiger partial charge is 0.258 e. The summed E-state index contributed by atoms with van der Waals surface area (Å²) in [6, 6.07) is 8.45. The number of rotatable bonds is 5. The van der Waals surface area contributed by atoms with Gasteiger partial charge in [-0.15, -0.1) is 0 Å². The van der Waals surface area contributed by atoms with Crippen molar-refractivity contribution in [3.05, 3.63) is 75.7 Å². The fourth-order valence-electron chi connectivity index (χ4n) is 3.16. The molecule has 4 rings (SSSR count). The molecule has 0 atom stereocenters. The van der Waals surface area contributed by atoms with Crippen LogP contribution in [0.5, 0.6) is 0 Å². The first-order valence-electron chi connectivity index (χ1n) is 8.95. The van der Waals surface area contributed by atoms with Gasteiger partial charge in [0.15, 0.2) is 0 Å². The fraction of sp³-hybridized carbons (Fsp3) is 0.200. The molecule has 0 bridgehead atoms. The van der Waals surface area contributed by atoms with Gasteiger partial charge >= 0.3 is 0 Å². The van der Waals surface area contributed by atoms with Crippen molar-refractivity contribution < 1.29 is 4.79 Å². The van der Waals surface area contributed by atoms with Crippen LogP contribution < -0.4 is 5.56 Å². The van der Waals surface area contributed by atoms with Gasteiger partial charge in [0.2, 0.25) is 0 Å². The Labute approximate surface area is 165 Å². The predicted octanol–water partition coefficient (Wildman–Crippen LogP) is 3.28. The van der Waals surface area contributed by atoms with Gasteiger partial charge in [0.05, 0.1) is 17.4 Å². The molecule has 1 aromatic carbocycles. The fourth-order valence-corrected chi connectivity index (χ4v) is 3.33. The summed E-state index contributed by atoms with van der Waals surface area (Å²) >= 11 is 6.02. The molecule has 28 heavy (non-hydrogen) atoms. The molecule has 1 amide bonds. The number of benzene rings is 1. The zero-order valence-electron chi connectivity index (χ0n) is 15.2. The molecule has 0 saturated carbocycles. The minimum atomic E-state index is -0.251. The molecule has 0 aliphatic carbocycles. The van der Waals surface area contributed by atoms with Crippen molar-refractivity contribution in [3.63, 3.8) is 0 Å². The van der Waals surface area contributed by atoms with E-state index >= 15 is 0 Å². The Bertz CT molecular complexity index is 1230. The van der Waals surface area contributed by atoms with E-state index in [-0.39, 0.29) is 18.0 Å². The van der Waals surface area contributed by atoms with Crippen molar-refractivity contribution in [1.82, 2.24) is 24.3 Å². The number of aromatic nitrogens is 4. The van der Waals surface area contributed by atoms with E-state index < -0.39 is 0 Å². The van der Waals surface area contributed by atoms with Crippen LogP contribution in [0.1, 0.15) is 29.5 Å². The van der Waals surface area contributed by atoms with Crippen LogP contribution in [-0.4, -0.2) is 36.7 Å². The molecule has 0 spiro atoms. The van der Waals surface area contributed by atoms with Crippen LogP contribution in [0.15, 0.2) is 53.7 Å². The Balaban J connectivity index is 1.67. The topological polar surface area (TPSA) is 83.4 Å². The Kier molecular flexibility index (Phi) is 4.83. The molecule has 0 fully saturated rings. The molecule has 7 nitrogen and oxygen atoms in total. The number of hydrogen-bond donors (Lipinski definition) is 1. The summed E-state index contributed by atoms with van der Waals surface area (Å²) in [4.78, 5) is 38.6. The van der Waals surface area contributed by atoms with E-state index in [1.807, 2.05) is 17.5 Å². The Morgan fingerprint density at radius 2 is 2.11 bits per heavy atom. The van der Waals surface area contributed by atoms with Gasteiger partial charge in [-0.3, -0.25) is 9.59 Å². The SMILES string of the molecule is CCCN(Cc1nc2cc(Cl)ccc2c(=O)[nH]1)C(=O)c1ccn2ccnc2c1. The lowest BCUT2D eigenvalue weighted by molar-refractivity contribution is 0.0739. The van der Waals surface area contributed by atoms with Crippen molar-refractivity contribution >= 4 is 34.1 Å². The van der Waals surface area contributed by atoms with Gasteiger partial charge in [-0.2, -0.15) is 0 Å². The van der Waals surface area contributed by atoms with Gasteiger partial charge in [-0.1, -0.05) is 18.5 Å². The number of nitrogens with zero attached hydrogens (tertiary/aromatic N) is 4. The molecule has 8 heteroatoms. The van der Waals surface area contributed by atoms with Gasteiger partial charge in [0.25, 0.3) is 11.5 Å². The lowest BCUT2D eigenvalue weighted by Crippen LogP contribution is -2.32. The molecule has 0 unspecified atom stereocenters. The lowest BCUT2D eigenvalue weighted by atomic mass is 10.2. The van der Waals surface area contributed by atoms with Gasteiger partial charge < -0.3 is 14.3 Å². The Morgan fingerprint density at radius 1 is 1.25 bits per heavy atom. The van der Waals surface area contributed by atoms with Crippen LogP contribution in [0.3, 0.4) is 0 Å². The number of hydrogen-bond acceptors (Lipinski definition) is 4. The molecule has 3 heterocycles. The maximum Gasteiger partial charge on any atom is 0.258 e. The summed E-state index contributed by atoms with van der Waals surface area (Å²) in [5.74, 6) is 0.282. The molecular formula is C20H18ClN5O2. The Morgan fingerprint density at radius 3 is 2.93 bits per heavy atom. The van der Waals surface area contributed by atoms with Crippen molar-refractivity contribution in [3.8, 4) is 0 Å². The zero-order chi connectivity index (χ0) is 19.7. The van der Waals surface area contributed by atoms with Crippen molar-refractivity contribution in [2.75, 3.05) is 6.54 Å². The number of halogens is 1. The molecule has 0 radical (unpaired) electrons. The number of H-pyrrole nitrogens is 1. The summed E-state index contributed by atoms with van der Waals surface area (Å²) in [6.07, 6.45) is 6.09. The summed E-state index contributed by atoms with van der Waals surface area (Å²) < 4.78 is 1.84. The second-order valence-corrected chi connectivity index (χ2v) is 6.95. The van der Waals surface area contributed by atoms with E-state index in [0.29, 0.717) is 39.5 Å². The predicted molar refractivity (Wildman–Crippen MR) is 108 cm³/mol. The average molecular weight is 396 g/mol. The number of fused-ring (bicyclic) bond motifs is 2. The van der Waals surface area contributed by atoms with Crippen LogP contribution >= 0.6 is 11.6 Å². The van der Waals surface area contributed by atoms with Crippen molar-refractivity contribution in [1.29, 1.82) is 0 Å². The number of carbonyl (C=O) groups excluding carboxylic acids is 1. The van der Waals surface area contributed by atoms with Crippen LogP contribution in [0.25, 0.3) is 16.6 Å². The maximum absolute atomic E-state index is 13.1. The largest absolute Gasteiger partial charge is 0.331 e. The van der Waals surface area contributed by atoms with Crippen LogP contribution in [0, 0.1) is 0 Å². The minimum absolute atomic E-state index is 0.138. The summed E-state index contributed by atoms with van der Waals surface area (Å²) in [7, 11) is 0. The number of carbonyl (C=O) groups is 1. The van der Waals surface area contributed by atoms with Crippen LogP contribution in [-0.2, 0) is 6.54 Å². The summed E-state index contributed by atoms with van der Waals surface area (Å²) in [6.45, 7) is 2.73. The van der Waals surface area contributed by atoms with E-state index in [9.17, 15) is 9.59 Å². The first kappa shape index (κ1) is 18.2. The number of amides is 1. The van der Waals surface area contributed by atoms with Crippen LogP contribution in [0.4, 0.5) is 0 Å². The first-order chi connectivity index (χ1) is 13.5. The molecule has 0 saturated heterocycles. The van der Waals surface area contributed by atoms with Crippen molar-refractivity contribution in [2.24, 2.45) is 0 Å². The third-order valence-electron chi connectivity index (χ3n) is 4.48. The maximum atomic E-state index is 13.1. The third kappa shape index (κ3) is 3.48. The van der Waals surface area contributed by atoms with Gasteiger partial charge in [0, 0.05) is 35.7 Å². The molecule has 3 aromatic heterocycles. The quantitative estimate of drug-likeness (QED) is 0.562. The normalized spacial score (nSPS) is 11.2. The second kappa shape index (κ2) is 7.44. The zero-order valence-corrected chi connectivity index (χ0v) is 16.0. The minimum Gasteiger partial charge on any atom is -0.331 e. The molecule has 142 valence electrons. The number of aromatic amines is 1. The van der Waals surface area contributed by atoms with Gasteiger partial charge in [-0.25, -0.2) is 9.97 Å². The van der Waals surface area contributed by atoms with Gasteiger partial charge in [-0.05, 0) is 36.8 Å². The molecular weight excluding hydrogens is 378 g/mol. The van der Waals surface area contributed by atoms with E-state index in [1.165, 1.54) is 0 Å². The monoisotopic (exact) mass is 395 g/mol. The molecule has 0 aliphatic rings. The van der Waals surface area contributed by atoms with Gasteiger partial charge in [0.1, 0.15) is 11.5 Å². The number of nitrogens with one attached hydrogen (secondary N) is 1. The average Bonchev–Trinajstić information content (AvgIpc) is 3.14. The van der Waals surface area contributed by atoms with E-state index in [0.717, 1.165) is 6.42 Å². The summed E-state index contributed by atoms with van der Waals surface area (Å²) in [5.41, 5.74) is 1.50. The molecule has 4 aromatic rings. The Hall–Kier alpha value is -3.19. The highest BCUT2D eigenvalue weighted by molar-refractivity contribution is 6.31. The second-order valence-electron chi connectivity index (χ2n) is 6.51. The molecule has 0 aliphatic heterocycles. The molecule has 1 N–H and O–H groups in total. The van der Waals surface area contributed by atoms with Crippen molar-refractivity contribution in [2.45, 2.75) is 19.9 Å².